The van der Waals surface area contributed by atoms with Crippen LogP contribution in [0.3, 0.4) is 0 Å². The van der Waals surface area contributed by atoms with Gasteiger partial charge in [0.05, 0.1) is 11.6 Å². The van der Waals surface area contributed by atoms with Crippen LogP contribution in [0, 0.1) is 5.82 Å². The number of nitrogens with zero attached hydrogens (tertiary/aromatic N) is 5. The van der Waals surface area contributed by atoms with Crippen molar-refractivity contribution < 1.29 is 4.39 Å². The van der Waals surface area contributed by atoms with Crippen molar-refractivity contribution >= 4 is 23.2 Å². The van der Waals surface area contributed by atoms with Gasteiger partial charge in [-0.15, -0.1) is 0 Å². The third kappa shape index (κ3) is 3.79. The minimum atomic E-state index is -0.220. The number of aromatic nitrogens is 2. The summed E-state index contributed by atoms with van der Waals surface area (Å²) in [6.07, 6.45) is 1.74. The van der Waals surface area contributed by atoms with Gasteiger partial charge in [0.15, 0.2) is 5.96 Å². The van der Waals surface area contributed by atoms with Crippen molar-refractivity contribution in [1.82, 2.24) is 14.7 Å². The van der Waals surface area contributed by atoms with E-state index in [1.165, 1.54) is 12.1 Å². The standard InChI is InChI=1S/C16H20ClFN6/c1-22-11-14(17)15(21-22)10-20-16(19)24-8-6-23(7-9-24)13-4-2-12(18)3-5-13/h2-5,11H,6-10H2,1H3,(H2,19,20). The molecule has 0 atom stereocenters. The molecule has 0 spiro atoms. The molecule has 0 radical (unpaired) electrons. The lowest BCUT2D eigenvalue weighted by Crippen LogP contribution is -2.51. The fourth-order valence-electron chi connectivity index (χ4n) is 2.71. The molecular formula is C16H20ClFN6. The van der Waals surface area contributed by atoms with E-state index >= 15 is 0 Å². The molecule has 1 saturated heterocycles. The van der Waals surface area contributed by atoms with Gasteiger partial charge in [-0.3, -0.25) is 4.68 Å². The second kappa shape index (κ2) is 7.09. The van der Waals surface area contributed by atoms with Gasteiger partial charge in [-0.1, -0.05) is 11.6 Å². The van der Waals surface area contributed by atoms with Crippen LogP contribution in [0.4, 0.5) is 10.1 Å². The lowest BCUT2D eigenvalue weighted by molar-refractivity contribution is 0.380. The first-order valence-corrected chi connectivity index (χ1v) is 8.14. The molecule has 0 unspecified atom stereocenters. The van der Waals surface area contributed by atoms with E-state index in [1.807, 2.05) is 11.9 Å². The summed E-state index contributed by atoms with van der Waals surface area (Å²) in [5, 5.41) is 4.84. The molecule has 0 amide bonds. The largest absolute Gasteiger partial charge is 0.370 e. The Morgan fingerprint density at radius 3 is 2.50 bits per heavy atom. The average molecular weight is 351 g/mol. The van der Waals surface area contributed by atoms with Crippen LogP contribution in [0.15, 0.2) is 35.5 Å². The van der Waals surface area contributed by atoms with E-state index in [4.69, 9.17) is 17.3 Å². The van der Waals surface area contributed by atoms with Crippen molar-refractivity contribution in [1.29, 1.82) is 0 Å². The predicted octanol–water partition coefficient (Wildman–Crippen LogP) is 1.85. The van der Waals surface area contributed by atoms with Crippen LogP contribution in [0.25, 0.3) is 0 Å². The number of rotatable bonds is 3. The normalized spacial score (nSPS) is 15.9. The summed E-state index contributed by atoms with van der Waals surface area (Å²) in [6.45, 7) is 3.52. The number of guanidine groups is 1. The fourth-order valence-corrected chi connectivity index (χ4v) is 2.95. The Hall–Kier alpha value is -2.28. The summed E-state index contributed by atoms with van der Waals surface area (Å²) in [7, 11) is 1.82. The molecule has 3 rings (SSSR count). The smallest absolute Gasteiger partial charge is 0.191 e. The van der Waals surface area contributed by atoms with E-state index in [2.05, 4.69) is 15.0 Å². The molecule has 128 valence electrons. The SMILES string of the molecule is Cn1cc(Cl)c(CN=C(N)N2CCN(c3ccc(F)cc3)CC2)n1. The second-order valence-electron chi connectivity index (χ2n) is 5.72. The van der Waals surface area contributed by atoms with E-state index < -0.39 is 0 Å². The Bertz CT molecular complexity index is 719. The summed E-state index contributed by atoms with van der Waals surface area (Å²) in [4.78, 5) is 8.64. The van der Waals surface area contributed by atoms with Crippen molar-refractivity contribution in [3.05, 3.63) is 47.0 Å². The van der Waals surface area contributed by atoms with Crippen LogP contribution in [-0.2, 0) is 13.6 Å². The molecule has 1 aromatic carbocycles. The first kappa shape index (κ1) is 16.6. The highest BCUT2D eigenvalue weighted by molar-refractivity contribution is 6.31. The van der Waals surface area contributed by atoms with Gasteiger partial charge in [0.2, 0.25) is 0 Å². The first-order chi connectivity index (χ1) is 11.5. The summed E-state index contributed by atoms with van der Waals surface area (Å²) >= 11 is 6.07. The number of hydrogen-bond donors (Lipinski definition) is 1. The fraction of sp³-hybridized carbons (Fsp3) is 0.375. The van der Waals surface area contributed by atoms with Gasteiger partial charge in [0, 0.05) is 45.1 Å². The summed E-state index contributed by atoms with van der Waals surface area (Å²) < 4.78 is 14.7. The summed E-state index contributed by atoms with van der Waals surface area (Å²) in [5.41, 5.74) is 7.82. The van der Waals surface area contributed by atoms with Gasteiger partial charge >= 0.3 is 0 Å². The minimum absolute atomic E-state index is 0.220. The van der Waals surface area contributed by atoms with Crippen molar-refractivity contribution in [3.63, 3.8) is 0 Å². The second-order valence-corrected chi connectivity index (χ2v) is 6.13. The molecular weight excluding hydrogens is 331 g/mol. The lowest BCUT2D eigenvalue weighted by atomic mass is 10.2. The highest BCUT2D eigenvalue weighted by Crippen LogP contribution is 2.17. The van der Waals surface area contributed by atoms with Crippen LogP contribution < -0.4 is 10.6 Å². The highest BCUT2D eigenvalue weighted by Gasteiger charge is 2.18. The zero-order valence-corrected chi connectivity index (χ0v) is 14.2. The average Bonchev–Trinajstić information content (AvgIpc) is 2.91. The van der Waals surface area contributed by atoms with E-state index in [9.17, 15) is 4.39 Å². The molecule has 0 saturated carbocycles. The maximum atomic E-state index is 13.0. The lowest BCUT2D eigenvalue weighted by Gasteiger charge is -2.36. The van der Waals surface area contributed by atoms with Crippen molar-refractivity contribution in [2.75, 3.05) is 31.1 Å². The summed E-state index contributed by atoms with van der Waals surface area (Å²) in [5.74, 6) is 0.275. The van der Waals surface area contributed by atoms with Crippen LogP contribution in [0.5, 0.6) is 0 Å². The Balaban J connectivity index is 1.56. The zero-order valence-electron chi connectivity index (χ0n) is 13.5. The van der Waals surface area contributed by atoms with Gasteiger partial charge in [-0.05, 0) is 24.3 Å². The number of benzene rings is 1. The number of aryl methyl sites for hydroxylation is 1. The number of nitrogens with two attached hydrogens (primary N) is 1. The quantitative estimate of drug-likeness (QED) is 0.678. The van der Waals surface area contributed by atoms with E-state index in [-0.39, 0.29) is 5.82 Å². The molecule has 24 heavy (non-hydrogen) atoms. The maximum absolute atomic E-state index is 13.0. The minimum Gasteiger partial charge on any atom is -0.370 e. The molecule has 1 aliphatic heterocycles. The van der Waals surface area contributed by atoms with Crippen LogP contribution >= 0.6 is 11.6 Å². The summed E-state index contributed by atoms with van der Waals surface area (Å²) in [6, 6.07) is 6.55. The van der Waals surface area contributed by atoms with Gasteiger partial charge in [0.25, 0.3) is 0 Å². The third-order valence-electron chi connectivity index (χ3n) is 4.04. The molecule has 2 heterocycles. The molecule has 2 aromatic rings. The molecule has 0 bridgehead atoms. The van der Waals surface area contributed by atoms with E-state index in [0.717, 1.165) is 31.9 Å². The van der Waals surface area contributed by atoms with E-state index in [1.54, 1.807) is 23.0 Å². The van der Waals surface area contributed by atoms with Gasteiger partial charge in [0.1, 0.15) is 11.5 Å². The number of aliphatic imine (C=N–C) groups is 1. The molecule has 1 aliphatic rings. The van der Waals surface area contributed by atoms with Crippen LogP contribution in [-0.4, -0.2) is 46.8 Å². The molecule has 2 N–H and O–H groups in total. The van der Waals surface area contributed by atoms with Gasteiger partial charge in [-0.2, -0.15) is 5.10 Å². The molecule has 0 aliphatic carbocycles. The van der Waals surface area contributed by atoms with Crippen LogP contribution in [0.2, 0.25) is 5.02 Å². The molecule has 8 heteroatoms. The van der Waals surface area contributed by atoms with Crippen molar-refractivity contribution in [2.24, 2.45) is 17.8 Å². The molecule has 1 aromatic heterocycles. The topological polar surface area (TPSA) is 62.7 Å². The Kier molecular flexibility index (Phi) is 4.89. The molecule has 1 fully saturated rings. The molecule has 6 nitrogen and oxygen atoms in total. The highest BCUT2D eigenvalue weighted by atomic mass is 35.5. The van der Waals surface area contributed by atoms with E-state index in [0.29, 0.717) is 23.2 Å². The number of hydrogen-bond acceptors (Lipinski definition) is 3. The number of halogens is 2. The third-order valence-corrected chi connectivity index (χ3v) is 4.36. The Morgan fingerprint density at radius 1 is 1.25 bits per heavy atom. The van der Waals surface area contributed by atoms with Gasteiger partial charge < -0.3 is 15.5 Å². The number of piperazine rings is 1. The number of anilines is 1. The monoisotopic (exact) mass is 350 g/mol. The first-order valence-electron chi connectivity index (χ1n) is 7.76. The predicted molar refractivity (Wildman–Crippen MR) is 93.7 cm³/mol. The van der Waals surface area contributed by atoms with Gasteiger partial charge in [-0.25, -0.2) is 9.38 Å². The Morgan fingerprint density at radius 2 is 1.92 bits per heavy atom. The Labute approximate surface area is 145 Å². The van der Waals surface area contributed by atoms with Crippen molar-refractivity contribution in [2.45, 2.75) is 6.54 Å². The van der Waals surface area contributed by atoms with Crippen molar-refractivity contribution in [3.8, 4) is 0 Å². The maximum Gasteiger partial charge on any atom is 0.191 e. The van der Waals surface area contributed by atoms with Crippen LogP contribution in [0.1, 0.15) is 5.69 Å². The zero-order chi connectivity index (χ0) is 17.1.